The molecule has 0 N–H and O–H groups in total. The van der Waals surface area contributed by atoms with E-state index in [1.165, 1.54) is 17.4 Å². The lowest BCUT2D eigenvalue weighted by atomic mass is 10.1. The fraction of sp³-hybridized carbons (Fsp3) is 0.263. The van der Waals surface area contributed by atoms with Gasteiger partial charge < -0.3 is 9.80 Å². The van der Waals surface area contributed by atoms with Crippen LogP contribution in [-0.4, -0.2) is 42.0 Å². The van der Waals surface area contributed by atoms with Gasteiger partial charge in [0.2, 0.25) is 0 Å². The third-order valence-electron chi connectivity index (χ3n) is 4.64. The summed E-state index contributed by atoms with van der Waals surface area (Å²) >= 11 is 1.38. The Bertz CT molecular complexity index is 917. The number of pyridine rings is 1. The van der Waals surface area contributed by atoms with Crippen LogP contribution in [0.2, 0.25) is 0 Å². The number of benzene rings is 1. The molecule has 1 fully saturated rings. The van der Waals surface area contributed by atoms with Gasteiger partial charge in [-0.2, -0.15) is 0 Å². The number of amides is 1. The molecule has 3 heterocycles. The molecule has 1 aromatic carbocycles. The van der Waals surface area contributed by atoms with E-state index in [1.807, 2.05) is 36.1 Å². The quantitative estimate of drug-likeness (QED) is 0.703. The van der Waals surface area contributed by atoms with E-state index in [4.69, 9.17) is 0 Å². The van der Waals surface area contributed by atoms with Crippen molar-refractivity contribution in [2.45, 2.75) is 6.92 Å². The second-order valence-corrected chi connectivity index (χ2v) is 7.19. The predicted octanol–water partition coefficient (Wildman–Crippen LogP) is 3.71. The van der Waals surface area contributed by atoms with E-state index < -0.39 is 0 Å². The topological polar surface area (TPSA) is 36.4 Å². The first-order chi connectivity index (χ1) is 12.1. The molecule has 0 aliphatic carbocycles. The highest BCUT2D eigenvalue weighted by atomic mass is 32.1. The minimum Gasteiger partial charge on any atom is -0.353 e. The van der Waals surface area contributed by atoms with E-state index in [0.717, 1.165) is 29.2 Å². The summed E-state index contributed by atoms with van der Waals surface area (Å²) in [7, 11) is 0. The molecule has 1 aliphatic rings. The van der Waals surface area contributed by atoms with Gasteiger partial charge in [-0.3, -0.25) is 4.79 Å². The first kappa shape index (κ1) is 16.0. The number of hydrogen-bond donors (Lipinski definition) is 0. The van der Waals surface area contributed by atoms with Crippen LogP contribution >= 0.6 is 11.3 Å². The minimum atomic E-state index is -0.259. The van der Waals surface area contributed by atoms with Crippen molar-refractivity contribution in [2.75, 3.05) is 31.1 Å². The summed E-state index contributed by atoms with van der Waals surface area (Å²) in [6, 6.07) is 10.8. The largest absolute Gasteiger partial charge is 0.353 e. The molecule has 0 saturated carbocycles. The highest BCUT2D eigenvalue weighted by molar-refractivity contribution is 7.21. The van der Waals surface area contributed by atoms with Crippen molar-refractivity contribution in [1.82, 2.24) is 9.88 Å². The predicted molar refractivity (Wildman–Crippen MR) is 98.9 cm³/mol. The summed E-state index contributed by atoms with van der Waals surface area (Å²) in [4.78, 5) is 22.0. The van der Waals surface area contributed by atoms with Gasteiger partial charge in [0.25, 0.3) is 5.91 Å². The Labute approximate surface area is 149 Å². The van der Waals surface area contributed by atoms with Gasteiger partial charge in [-0.25, -0.2) is 9.37 Å². The van der Waals surface area contributed by atoms with Crippen molar-refractivity contribution in [3.05, 3.63) is 58.9 Å². The molecular formula is C19H18FN3OS. The molecular weight excluding hydrogens is 337 g/mol. The highest BCUT2D eigenvalue weighted by Gasteiger charge is 2.26. The lowest BCUT2D eigenvalue weighted by molar-refractivity contribution is 0.0751. The smallest absolute Gasteiger partial charge is 0.264 e. The maximum Gasteiger partial charge on any atom is 0.264 e. The zero-order chi connectivity index (χ0) is 17.4. The molecule has 128 valence electrons. The van der Waals surface area contributed by atoms with E-state index in [-0.39, 0.29) is 11.7 Å². The molecule has 0 unspecified atom stereocenters. The lowest BCUT2D eigenvalue weighted by Crippen LogP contribution is -2.49. The lowest BCUT2D eigenvalue weighted by Gasteiger charge is -2.35. The summed E-state index contributed by atoms with van der Waals surface area (Å²) < 4.78 is 14.9. The van der Waals surface area contributed by atoms with Crippen LogP contribution in [0.15, 0.2) is 42.6 Å². The number of halogens is 1. The van der Waals surface area contributed by atoms with Crippen LogP contribution in [0, 0.1) is 12.7 Å². The van der Waals surface area contributed by atoms with Gasteiger partial charge >= 0.3 is 0 Å². The number of carbonyl (C=O) groups is 1. The van der Waals surface area contributed by atoms with E-state index in [0.29, 0.717) is 23.4 Å². The molecule has 2 aromatic heterocycles. The fourth-order valence-corrected chi connectivity index (χ4v) is 4.47. The van der Waals surface area contributed by atoms with Crippen LogP contribution in [0.5, 0.6) is 0 Å². The zero-order valence-electron chi connectivity index (χ0n) is 13.9. The van der Waals surface area contributed by atoms with E-state index >= 15 is 0 Å². The molecule has 0 atom stereocenters. The minimum absolute atomic E-state index is 0.00114. The monoisotopic (exact) mass is 355 g/mol. The van der Waals surface area contributed by atoms with Crippen LogP contribution in [-0.2, 0) is 0 Å². The summed E-state index contributed by atoms with van der Waals surface area (Å²) in [6.07, 6.45) is 1.78. The van der Waals surface area contributed by atoms with Gasteiger partial charge in [0.15, 0.2) is 0 Å². The summed E-state index contributed by atoms with van der Waals surface area (Å²) in [6.45, 7) is 4.62. The van der Waals surface area contributed by atoms with Crippen LogP contribution < -0.4 is 4.90 Å². The van der Waals surface area contributed by atoms with E-state index in [1.54, 1.807) is 12.3 Å². The number of carbonyl (C=O) groups excluding carboxylic acids is 1. The Morgan fingerprint density at radius 3 is 2.60 bits per heavy atom. The number of aryl methyl sites for hydroxylation is 1. The second kappa shape index (κ2) is 6.44. The molecule has 1 aliphatic heterocycles. The fourth-order valence-electron chi connectivity index (χ4n) is 3.28. The van der Waals surface area contributed by atoms with Crippen molar-refractivity contribution in [1.29, 1.82) is 0 Å². The van der Waals surface area contributed by atoms with Crippen molar-refractivity contribution in [3.63, 3.8) is 0 Å². The molecule has 0 spiro atoms. The van der Waals surface area contributed by atoms with Gasteiger partial charge in [-0.15, -0.1) is 11.3 Å². The third kappa shape index (κ3) is 2.87. The molecule has 1 amide bonds. The molecule has 1 saturated heterocycles. The van der Waals surface area contributed by atoms with Crippen LogP contribution in [0.25, 0.3) is 10.1 Å². The number of anilines is 1. The molecule has 0 bridgehead atoms. The number of hydrogen-bond acceptors (Lipinski definition) is 4. The van der Waals surface area contributed by atoms with Crippen LogP contribution in [0.3, 0.4) is 0 Å². The first-order valence-electron chi connectivity index (χ1n) is 8.28. The summed E-state index contributed by atoms with van der Waals surface area (Å²) in [5.74, 6) is 0.679. The number of rotatable bonds is 2. The Morgan fingerprint density at radius 2 is 1.92 bits per heavy atom. The van der Waals surface area contributed by atoms with Crippen molar-refractivity contribution in [3.8, 4) is 0 Å². The molecule has 3 aromatic rings. The van der Waals surface area contributed by atoms with E-state index in [9.17, 15) is 9.18 Å². The molecule has 6 heteroatoms. The maximum absolute atomic E-state index is 14.1. The van der Waals surface area contributed by atoms with Crippen LogP contribution in [0.1, 0.15) is 15.2 Å². The average molecular weight is 355 g/mol. The van der Waals surface area contributed by atoms with Crippen molar-refractivity contribution >= 4 is 33.1 Å². The maximum atomic E-state index is 14.1. The number of thiophene rings is 1. The molecule has 4 rings (SSSR count). The normalized spacial score (nSPS) is 15.0. The van der Waals surface area contributed by atoms with Crippen LogP contribution in [0.4, 0.5) is 10.2 Å². The van der Waals surface area contributed by atoms with E-state index in [2.05, 4.69) is 9.88 Å². The zero-order valence-corrected chi connectivity index (χ0v) is 14.7. The Hall–Kier alpha value is -2.47. The number of piperazine rings is 1. The molecule has 0 radical (unpaired) electrons. The standard InChI is InChI=1S/C19H18FN3OS/c1-13-17-14(20)5-4-6-15(17)25-18(13)19(24)23-11-9-22(10-12-23)16-7-2-3-8-21-16/h2-8H,9-12H2,1H3. The van der Waals surface area contributed by atoms with Gasteiger partial charge in [0.05, 0.1) is 4.88 Å². The number of fused-ring (bicyclic) bond motifs is 1. The van der Waals surface area contributed by atoms with Gasteiger partial charge in [0, 0.05) is 42.5 Å². The SMILES string of the molecule is Cc1c(C(=O)N2CCN(c3ccccn3)CC2)sc2cccc(F)c12. The van der Waals surface area contributed by atoms with Gasteiger partial charge in [-0.05, 0) is 36.8 Å². The molecule has 4 nitrogen and oxygen atoms in total. The van der Waals surface area contributed by atoms with Gasteiger partial charge in [-0.1, -0.05) is 12.1 Å². The van der Waals surface area contributed by atoms with Crippen molar-refractivity contribution in [2.24, 2.45) is 0 Å². The Kier molecular flexibility index (Phi) is 4.13. The Balaban J connectivity index is 1.53. The van der Waals surface area contributed by atoms with Crippen molar-refractivity contribution < 1.29 is 9.18 Å². The van der Waals surface area contributed by atoms with Gasteiger partial charge in [0.1, 0.15) is 11.6 Å². The first-order valence-corrected chi connectivity index (χ1v) is 9.09. The third-order valence-corrected chi connectivity index (χ3v) is 5.88. The summed E-state index contributed by atoms with van der Waals surface area (Å²) in [5.41, 5.74) is 0.746. The highest BCUT2D eigenvalue weighted by Crippen LogP contribution is 2.33. The number of aromatic nitrogens is 1. The second-order valence-electron chi connectivity index (χ2n) is 6.14. The molecule has 25 heavy (non-hydrogen) atoms. The number of nitrogens with zero attached hydrogens (tertiary/aromatic N) is 3. The summed E-state index contributed by atoms with van der Waals surface area (Å²) in [5, 5.41) is 0.572. The average Bonchev–Trinajstić information content (AvgIpc) is 3.00. The Morgan fingerprint density at radius 1 is 1.12 bits per heavy atom.